The van der Waals surface area contributed by atoms with Crippen LogP contribution < -0.4 is 4.74 Å². The molecule has 150 valence electrons. The molecule has 1 aliphatic rings. The Morgan fingerprint density at radius 1 is 1.24 bits per heavy atom. The SMILES string of the molecule is CCOc1ccc(CC(=O)N2CCCC2c2nc(-c3ccccc3Cl)no2)cc1. The zero-order valence-electron chi connectivity index (χ0n) is 16.2. The zero-order chi connectivity index (χ0) is 20.2. The van der Waals surface area contributed by atoms with Crippen LogP contribution in [0, 0.1) is 0 Å². The summed E-state index contributed by atoms with van der Waals surface area (Å²) in [6.07, 6.45) is 2.04. The molecule has 0 aliphatic carbocycles. The summed E-state index contributed by atoms with van der Waals surface area (Å²) in [6, 6.07) is 14.8. The van der Waals surface area contributed by atoms with Crippen LogP contribution in [0.5, 0.6) is 5.75 Å². The summed E-state index contributed by atoms with van der Waals surface area (Å²) in [5.74, 6) is 1.75. The normalized spacial score (nSPS) is 16.2. The number of likely N-dealkylation sites (tertiary alicyclic amines) is 1. The molecule has 1 saturated heterocycles. The molecule has 1 fully saturated rings. The van der Waals surface area contributed by atoms with Gasteiger partial charge in [-0.2, -0.15) is 4.98 Å². The lowest BCUT2D eigenvalue weighted by Gasteiger charge is -2.22. The van der Waals surface area contributed by atoms with Crippen LogP contribution in [0.4, 0.5) is 0 Å². The van der Waals surface area contributed by atoms with Crippen molar-refractivity contribution in [2.75, 3.05) is 13.2 Å². The predicted molar refractivity (Wildman–Crippen MR) is 110 cm³/mol. The maximum absolute atomic E-state index is 12.9. The summed E-state index contributed by atoms with van der Waals surface area (Å²) >= 11 is 6.23. The minimum atomic E-state index is -0.200. The van der Waals surface area contributed by atoms with Gasteiger partial charge in [-0.15, -0.1) is 0 Å². The van der Waals surface area contributed by atoms with Gasteiger partial charge in [0.1, 0.15) is 11.8 Å². The summed E-state index contributed by atoms with van der Waals surface area (Å²) in [7, 11) is 0. The second-order valence-corrected chi connectivity index (χ2v) is 7.34. The highest BCUT2D eigenvalue weighted by atomic mass is 35.5. The highest BCUT2D eigenvalue weighted by molar-refractivity contribution is 6.33. The average molecular weight is 412 g/mol. The molecule has 0 bridgehead atoms. The number of benzene rings is 2. The molecule has 1 aromatic heterocycles. The molecule has 2 aromatic carbocycles. The van der Waals surface area contributed by atoms with Crippen molar-refractivity contribution in [3.8, 4) is 17.1 Å². The fourth-order valence-electron chi connectivity index (χ4n) is 3.59. The van der Waals surface area contributed by atoms with Crippen molar-refractivity contribution in [1.82, 2.24) is 15.0 Å². The summed E-state index contributed by atoms with van der Waals surface area (Å²) in [6.45, 7) is 3.25. The molecular weight excluding hydrogens is 390 g/mol. The number of aromatic nitrogens is 2. The van der Waals surface area contributed by atoms with Gasteiger partial charge in [-0.3, -0.25) is 4.79 Å². The highest BCUT2D eigenvalue weighted by Gasteiger charge is 2.34. The first-order valence-electron chi connectivity index (χ1n) is 9.75. The van der Waals surface area contributed by atoms with Crippen molar-refractivity contribution >= 4 is 17.5 Å². The van der Waals surface area contributed by atoms with Gasteiger partial charge >= 0.3 is 0 Å². The maximum Gasteiger partial charge on any atom is 0.249 e. The molecule has 0 radical (unpaired) electrons. The van der Waals surface area contributed by atoms with E-state index in [1.54, 1.807) is 6.07 Å². The first-order chi connectivity index (χ1) is 14.2. The van der Waals surface area contributed by atoms with Crippen molar-refractivity contribution in [2.45, 2.75) is 32.2 Å². The van der Waals surface area contributed by atoms with Crippen LogP contribution in [0.3, 0.4) is 0 Å². The zero-order valence-corrected chi connectivity index (χ0v) is 16.9. The van der Waals surface area contributed by atoms with Gasteiger partial charge in [-0.05, 0) is 49.6 Å². The van der Waals surface area contributed by atoms with Gasteiger partial charge in [0.15, 0.2) is 0 Å². The number of rotatable bonds is 6. The van der Waals surface area contributed by atoms with Gasteiger partial charge in [0.2, 0.25) is 17.6 Å². The maximum atomic E-state index is 12.9. The molecule has 1 amide bonds. The summed E-state index contributed by atoms with van der Waals surface area (Å²) in [5.41, 5.74) is 1.67. The van der Waals surface area contributed by atoms with E-state index in [1.165, 1.54) is 0 Å². The Hall–Kier alpha value is -2.86. The monoisotopic (exact) mass is 411 g/mol. The Kier molecular flexibility index (Phi) is 5.81. The quantitative estimate of drug-likeness (QED) is 0.588. The summed E-state index contributed by atoms with van der Waals surface area (Å²) in [4.78, 5) is 19.3. The number of hydrogen-bond donors (Lipinski definition) is 0. The second kappa shape index (κ2) is 8.66. The van der Waals surface area contributed by atoms with Crippen molar-refractivity contribution in [2.24, 2.45) is 0 Å². The van der Waals surface area contributed by atoms with Crippen LogP contribution in [0.2, 0.25) is 5.02 Å². The Balaban J connectivity index is 1.47. The van der Waals surface area contributed by atoms with E-state index in [-0.39, 0.29) is 11.9 Å². The third-order valence-electron chi connectivity index (χ3n) is 5.00. The number of carbonyl (C=O) groups excluding carboxylic acids is 1. The molecule has 7 heteroatoms. The lowest BCUT2D eigenvalue weighted by molar-refractivity contribution is -0.131. The van der Waals surface area contributed by atoms with Crippen LogP contribution in [-0.2, 0) is 11.2 Å². The molecule has 1 aliphatic heterocycles. The van der Waals surface area contributed by atoms with Crippen LogP contribution in [0.25, 0.3) is 11.4 Å². The van der Waals surface area contributed by atoms with Gasteiger partial charge in [-0.25, -0.2) is 0 Å². The fraction of sp³-hybridized carbons (Fsp3) is 0.318. The first-order valence-corrected chi connectivity index (χ1v) is 10.1. The third kappa shape index (κ3) is 4.27. The number of carbonyl (C=O) groups is 1. The largest absolute Gasteiger partial charge is 0.494 e. The minimum Gasteiger partial charge on any atom is -0.494 e. The van der Waals surface area contributed by atoms with Crippen molar-refractivity contribution in [1.29, 1.82) is 0 Å². The molecule has 1 unspecified atom stereocenters. The van der Waals surface area contributed by atoms with Crippen molar-refractivity contribution < 1.29 is 14.1 Å². The number of ether oxygens (including phenoxy) is 1. The molecule has 1 atom stereocenters. The number of hydrogen-bond acceptors (Lipinski definition) is 5. The molecule has 3 aromatic rings. The van der Waals surface area contributed by atoms with Crippen molar-refractivity contribution in [3.63, 3.8) is 0 Å². The standard InChI is InChI=1S/C22H22ClN3O3/c1-2-28-16-11-9-15(10-12-16)14-20(27)26-13-5-8-19(26)22-24-21(25-29-22)17-6-3-4-7-18(17)23/h3-4,6-7,9-12,19H,2,5,8,13-14H2,1H3. The average Bonchev–Trinajstić information content (AvgIpc) is 3.39. The molecular formula is C22H22ClN3O3. The van der Waals surface area contributed by atoms with Crippen LogP contribution in [-0.4, -0.2) is 34.1 Å². The molecule has 29 heavy (non-hydrogen) atoms. The lowest BCUT2D eigenvalue weighted by Crippen LogP contribution is -2.32. The van der Waals surface area contributed by atoms with E-state index in [4.69, 9.17) is 20.9 Å². The molecule has 4 rings (SSSR count). The molecule has 0 spiro atoms. The summed E-state index contributed by atoms with van der Waals surface area (Å²) in [5, 5.41) is 4.64. The van der Waals surface area contributed by atoms with Crippen molar-refractivity contribution in [3.05, 3.63) is 65.0 Å². The number of halogens is 1. The van der Waals surface area contributed by atoms with Gasteiger partial charge in [-0.1, -0.05) is 41.0 Å². The molecule has 6 nitrogen and oxygen atoms in total. The fourth-order valence-corrected chi connectivity index (χ4v) is 3.81. The number of amides is 1. The smallest absolute Gasteiger partial charge is 0.249 e. The van der Waals surface area contributed by atoms with E-state index in [0.29, 0.717) is 36.3 Å². The Labute approximate surface area is 174 Å². The second-order valence-electron chi connectivity index (χ2n) is 6.93. The predicted octanol–water partition coefficient (Wildman–Crippen LogP) is 4.69. The molecule has 0 saturated carbocycles. The van der Waals surface area contributed by atoms with E-state index < -0.39 is 0 Å². The molecule has 2 heterocycles. The Morgan fingerprint density at radius 3 is 2.79 bits per heavy atom. The van der Waals surface area contributed by atoms with Gasteiger partial charge in [0.05, 0.1) is 18.1 Å². The van der Waals surface area contributed by atoms with Gasteiger partial charge in [0, 0.05) is 12.1 Å². The van der Waals surface area contributed by atoms with E-state index in [1.807, 2.05) is 54.3 Å². The van der Waals surface area contributed by atoms with E-state index in [9.17, 15) is 4.79 Å². The first kappa shape index (κ1) is 19.5. The van der Waals surface area contributed by atoms with Crippen LogP contribution >= 0.6 is 11.6 Å². The Bertz CT molecular complexity index is 987. The summed E-state index contributed by atoms with van der Waals surface area (Å²) < 4.78 is 11.0. The van der Waals surface area contributed by atoms with E-state index in [0.717, 1.165) is 29.7 Å². The number of nitrogens with zero attached hydrogens (tertiary/aromatic N) is 3. The highest BCUT2D eigenvalue weighted by Crippen LogP contribution is 2.33. The molecule has 0 N–H and O–H groups in total. The topological polar surface area (TPSA) is 68.5 Å². The lowest BCUT2D eigenvalue weighted by atomic mass is 10.1. The Morgan fingerprint density at radius 2 is 2.03 bits per heavy atom. The van der Waals surface area contributed by atoms with Gasteiger partial charge in [0.25, 0.3) is 0 Å². The van der Waals surface area contributed by atoms with Crippen LogP contribution in [0.1, 0.15) is 37.3 Å². The third-order valence-corrected chi connectivity index (χ3v) is 5.33. The van der Waals surface area contributed by atoms with Crippen LogP contribution in [0.15, 0.2) is 53.1 Å². The van der Waals surface area contributed by atoms with E-state index >= 15 is 0 Å². The minimum absolute atomic E-state index is 0.0501. The van der Waals surface area contributed by atoms with E-state index in [2.05, 4.69) is 10.1 Å². The van der Waals surface area contributed by atoms with Gasteiger partial charge < -0.3 is 14.2 Å².